The van der Waals surface area contributed by atoms with E-state index in [2.05, 4.69) is 5.32 Å². The molecule has 0 aliphatic carbocycles. The fraction of sp³-hybridized carbons (Fsp3) is 0.438. The maximum absolute atomic E-state index is 12.4. The Morgan fingerprint density at radius 3 is 2.19 bits per heavy atom. The van der Waals surface area contributed by atoms with Gasteiger partial charge in [-0.1, -0.05) is 50.6 Å². The summed E-state index contributed by atoms with van der Waals surface area (Å²) in [7, 11) is 0. The SMILES string of the molecule is CCC(C)C(NC(C(C)=O)C(=O)c1ccccc1)C(=O)O. The molecule has 0 bridgehead atoms. The van der Waals surface area contributed by atoms with Crippen molar-refractivity contribution in [1.29, 1.82) is 0 Å². The van der Waals surface area contributed by atoms with Crippen LogP contribution in [0.15, 0.2) is 30.3 Å². The quantitative estimate of drug-likeness (QED) is 0.564. The molecule has 1 rings (SSSR count). The Kier molecular flexibility index (Phi) is 6.24. The zero-order chi connectivity index (χ0) is 16.0. The molecule has 0 spiro atoms. The number of ketones is 2. The molecule has 3 atom stereocenters. The van der Waals surface area contributed by atoms with Gasteiger partial charge >= 0.3 is 5.97 Å². The molecule has 0 amide bonds. The molecular formula is C16H21NO4. The Morgan fingerprint density at radius 1 is 1.19 bits per heavy atom. The fourth-order valence-corrected chi connectivity index (χ4v) is 2.04. The Hall–Kier alpha value is -2.01. The lowest BCUT2D eigenvalue weighted by atomic mass is 9.95. The first kappa shape index (κ1) is 17.0. The molecule has 5 heteroatoms. The summed E-state index contributed by atoms with van der Waals surface area (Å²) < 4.78 is 0. The van der Waals surface area contributed by atoms with E-state index in [0.29, 0.717) is 12.0 Å². The molecular weight excluding hydrogens is 270 g/mol. The molecule has 1 aromatic rings. The third-order valence-electron chi connectivity index (χ3n) is 3.55. The Labute approximate surface area is 124 Å². The van der Waals surface area contributed by atoms with E-state index in [9.17, 15) is 19.5 Å². The summed E-state index contributed by atoms with van der Waals surface area (Å²) >= 11 is 0. The summed E-state index contributed by atoms with van der Waals surface area (Å²) in [6.07, 6.45) is 0.633. The monoisotopic (exact) mass is 291 g/mol. The minimum Gasteiger partial charge on any atom is -0.480 e. The number of carbonyl (C=O) groups is 3. The molecule has 0 saturated carbocycles. The zero-order valence-corrected chi connectivity index (χ0v) is 12.5. The molecule has 0 aromatic heterocycles. The van der Waals surface area contributed by atoms with Gasteiger partial charge in [0.25, 0.3) is 0 Å². The van der Waals surface area contributed by atoms with Crippen molar-refractivity contribution in [2.75, 3.05) is 0 Å². The number of rotatable bonds is 8. The van der Waals surface area contributed by atoms with Crippen LogP contribution in [0.25, 0.3) is 0 Å². The topological polar surface area (TPSA) is 83.5 Å². The van der Waals surface area contributed by atoms with E-state index in [4.69, 9.17) is 0 Å². The summed E-state index contributed by atoms with van der Waals surface area (Å²) in [5.41, 5.74) is 0.387. The van der Waals surface area contributed by atoms with Crippen LogP contribution >= 0.6 is 0 Å². The average molecular weight is 291 g/mol. The van der Waals surface area contributed by atoms with Gasteiger partial charge in [-0.25, -0.2) is 0 Å². The fourth-order valence-electron chi connectivity index (χ4n) is 2.04. The second-order valence-corrected chi connectivity index (χ2v) is 5.14. The molecule has 0 aliphatic rings. The predicted octanol–water partition coefficient (Wildman–Crippen LogP) is 1.92. The van der Waals surface area contributed by atoms with Gasteiger partial charge in [0.05, 0.1) is 0 Å². The number of Topliss-reactive ketones (excluding diaryl/α,β-unsaturated/α-hetero) is 2. The normalized spacial score (nSPS) is 15.0. The number of benzene rings is 1. The van der Waals surface area contributed by atoms with Crippen molar-refractivity contribution in [2.24, 2.45) is 5.92 Å². The van der Waals surface area contributed by atoms with Crippen molar-refractivity contribution in [3.8, 4) is 0 Å². The molecule has 0 fully saturated rings. The lowest BCUT2D eigenvalue weighted by Crippen LogP contribution is -2.53. The maximum atomic E-state index is 12.4. The van der Waals surface area contributed by atoms with Crippen molar-refractivity contribution in [1.82, 2.24) is 5.32 Å². The van der Waals surface area contributed by atoms with Crippen molar-refractivity contribution < 1.29 is 19.5 Å². The van der Waals surface area contributed by atoms with E-state index in [0.717, 1.165) is 0 Å². The highest BCUT2D eigenvalue weighted by molar-refractivity contribution is 6.13. The minimum atomic E-state index is -1.14. The standard InChI is InChI=1S/C16H21NO4/c1-4-10(2)13(16(20)21)17-14(11(3)18)15(19)12-8-6-5-7-9-12/h5-10,13-14,17H,4H2,1-3H3,(H,20,21). The zero-order valence-electron chi connectivity index (χ0n) is 12.5. The summed E-state index contributed by atoms with van der Waals surface area (Å²) in [5, 5.41) is 12.0. The number of nitrogens with one attached hydrogen (secondary N) is 1. The number of hydrogen-bond donors (Lipinski definition) is 2. The third kappa shape index (κ3) is 4.49. The van der Waals surface area contributed by atoms with Crippen molar-refractivity contribution in [2.45, 2.75) is 39.3 Å². The van der Waals surface area contributed by atoms with Crippen LogP contribution in [0.5, 0.6) is 0 Å². The average Bonchev–Trinajstić information content (AvgIpc) is 2.47. The Morgan fingerprint density at radius 2 is 1.76 bits per heavy atom. The van der Waals surface area contributed by atoms with E-state index in [-0.39, 0.29) is 5.92 Å². The Balaban J connectivity index is 2.99. The lowest BCUT2D eigenvalue weighted by molar-refractivity contribution is -0.141. The summed E-state index contributed by atoms with van der Waals surface area (Å²) in [4.78, 5) is 35.5. The van der Waals surface area contributed by atoms with Crippen molar-refractivity contribution in [3.63, 3.8) is 0 Å². The molecule has 1 aromatic carbocycles. The molecule has 0 saturated heterocycles. The van der Waals surface area contributed by atoms with Gasteiger partial charge < -0.3 is 5.11 Å². The van der Waals surface area contributed by atoms with Gasteiger partial charge in [0.2, 0.25) is 0 Å². The highest BCUT2D eigenvalue weighted by Crippen LogP contribution is 2.11. The van der Waals surface area contributed by atoms with E-state index in [1.165, 1.54) is 6.92 Å². The second-order valence-electron chi connectivity index (χ2n) is 5.14. The van der Waals surface area contributed by atoms with Gasteiger partial charge in [-0.15, -0.1) is 0 Å². The summed E-state index contributed by atoms with van der Waals surface area (Å²) in [5.74, 6) is -2.04. The number of carboxylic acids is 1. The van der Waals surface area contributed by atoms with Crippen LogP contribution in [0.1, 0.15) is 37.6 Å². The molecule has 5 nitrogen and oxygen atoms in total. The first-order valence-corrected chi connectivity index (χ1v) is 6.97. The van der Waals surface area contributed by atoms with Crippen LogP contribution in [0.2, 0.25) is 0 Å². The van der Waals surface area contributed by atoms with E-state index in [1.54, 1.807) is 37.3 Å². The van der Waals surface area contributed by atoms with Gasteiger partial charge in [0.1, 0.15) is 12.1 Å². The van der Waals surface area contributed by atoms with Crippen LogP contribution < -0.4 is 5.32 Å². The molecule has 114 valence electrons. The van der Waals surface area contributed by atoms with Crippen LogP contribution in [0, 0.1) is 5.92 Å². The largest absolute Gasteiger partial charge is 0.480 e. The summed E-state index contributed by atoms with van der Waals surface area (Å²) in [6.45, 7) is 4.92. The Bertz CT molecular complexity index is 512. The number of hydrogen-bond acceptors (Lipinski definition) is 4. The summed E-state index contributed by atoms with van der Waals surface area (Å²) in [6, 6.07) is 6.32. The number of aliphatic carboxylic acids is 1. The van der Waals surface area contributed by atoms with Gasteiger partial charge in [0.15, 0.2) is 11.6 Å². The van der Waals surface area contributed by atoms with E-state index < -0.39 is 29.6 Å². The third-order valence-corrected chi connectivity index (χ3v) is 3.55. The highest BCUT2D eigenvalue weighted by atomic mass is 16.4. The molecule has 3 unspecified atom stereocenters. The van der Waals surface area contributed by atoms with E-state index in [1.807, 2.05) is 6.92 Å². The lowest BCUT2D eigenvalue weighted by Gasteiger charge is -2.24. The van der Waals surface area contributed by atoms with Gasteiger partial charge in [0, 0.05) is 5.56 Å². The molecule has 0 aliphatic heterocycles. The minimum absolute atomic E-state index is 0.187. The van der Waals surface area contributed by atoms with Crippen LogP contribution in [-0.4, -0.2) is 34.7 Å². The number of carboxylic acid groups (broad SMARTS) is 1. The first-order chi connectivity index (χ1) is 9.88. The molecule has 21 heavy (non-hydrogen) atoms. The van der Waals surface area contributed by atoms with Crippen LogP contribution in [-0.2, 0) is 9.59 Å². The van der Waals surface area contributed by atoms with Crippen molar-refractivity contribution >= 4 is 17.5 Å². The maximum Gasteiger partial charge on any atom is 0.321 e. The van der Waals surface area contributed by atoms with Crippen molar-refractivity contribution in [3.05, 3.63) is 35.9 Å². The van der Waals surface area contributed by atoms with E-state index >= 15 is 0 Å². The van der Waals surface area contributed by atoms with Crippen LogP contribution in [0.3, 0.4) is 0 Å². The molecule has 0 radical (unpaired) electrons. The molecule has 0 heterocycles. The number of carbonyl (C=O) groups excluding carboxylic acids is 2. The van der Waals surface area contributed by atoms with Crippen LogP contribution in [0.4, 0.5) is 0 Å². The van der Waals surface area contributed by atoms with Gasteiger partial charge in [-0.3, -0.25) is 19.7 Å². The smallest absolute Gasteiger partial charge is 0.321 e. The molecule has 2 N–H and O–H groups in total. The van der Waals surface area contributed by atoms with Gasteiger partial charge in [-0.2, -0.15) is 0 Å². The van der Waals surface area contributed by atoms with Gasteiger partial charge in [-0.05, 0) is 12.8 Å². The highest BCUT2D eigenvalue weighted by Gasteiger charge is 2.32. The second kappa shape index (κ2) is 7.69. The first-order valence-electron chi connectivity index (χ1n) is 6.97. The predicted molar refractivity (Wildman–Crippen MR) is 79.3 cm³/mol.